The maximum Gasteiger partial charge on any atom is 0.270 e. The molecule has 0 spiro atoms. The highest BCUT2D eigenvalue weighted by Gasteiger charge is 2.19. The minimum Gasteiger partial charge on any atom is -0.479 e. The first kappa shape index (κ1) is 15.4. The Hall–Kier alpha value is -2.48. The number of pyridine rings is 1. The first-order valence-corrected chi connectivity index (χ1v) is 7.35. The molecule has 0 bridgehead atoms. The fourth-order valence-electron chi connectivity index (χ4n) is 2.55. The summed E-state index contributed by atoms with van der Waals surface area (Å²) in [4.78, 5) is 14.6. The van der Waals surface area contributed by atoms with Crippen LogP contribution < -0.4 is 4.74 Å². The van der Waals surface area contributed by atoms with Crippen LogP contribution in [0.5, 0.6) is 5.88 Å². The van der Waals surface area contributed by atoms with Crippen molar-refractivity contribution in [2.75, 3.05) is 7.11 Å². The van der Waals surface area contributed by atoms with Gasteiger partial charge in [0.1, 0.15) is 15.9 Å². The smallest absolute Gasteiger partial charge is 0.270 e. The third-order valence-corrected chi connectivity index (χ3v) is 3.95. The number of methoxy groups -OCH3 is 1. The number of fused-ring (bicyclic) bond motifs is 1. The van der Waals surface area contributed by atoms with E-state index < -0.39 is 10.7 Å². The highest BCUT2D eigenvalue weighted by molar-refractivity contribution is 9.10. The largest absolute Gasteiger partial charge is 0.479 e. The van der Waals surface area contributed by atoms with Crippen molar-refractivity contribution < 1.29 is 14.1 Å². The van der Waals surface area contributed by atoms with Crippen LogP contribution in [0.4, 0.5) is 10.1 Å². The van der Waals surface area contributed by atoms with Gasteiger partial charge in [0.25, 0.3) is 5.69 Å². The van der Waals surface area contributed by atoms with Gasteiger partial charge in [-0.05, 0) is 28.1 Å². The molecule has 8 heteroatoms. The van der Waals surface area contributed by atoms with Crippen LogP contribution in [0.25, 0.3) is 22.0 Å². The van der Waals surface area contributed by atoms with Crippen molar-refractivity contribution in [1.82, 2.24) is 9.55 Å². The number of rotatable bonds is 3. The second-order valence-corrected chi connectivity index (χ2v) is 5.74. The number of ether oxygens (including phenoxy) is 1. The molecule has 0 saturated heterocycles. The average Bonchev–Trinajstić information content (AvgIpc) is 2.83. The van der Waals surface area contributed by atoms with E-state index in [2.05, 4.69) is 20.9 Å². The van der Waals surface area contributed by atoms with Gasteiger partial charge in [-0.15, -0.1) is 0 Å². The average molecular weight is 380 g/mol. The summed E-state index contributed by atoms with van der Waals surface area (Å²) in [5.74, 6) is -0.149. The van der Waals surface area contributed by atoms with Crippen LogP contribution >= 0.6 is 15.9 Å². The van der Waals surface area contributed by atoms with Crippen molar-refractivity contribution >= 4 is 32.5 Å². The number of aromatic nitrogens is 2. The Morgan fingerprint density at radius 3 is 2.74 bits per heavy atom. The highest BCUT2D eigenvalue weighted by Crippen LogP contribution is 2.37. The minimum atomic E-state index is -0.549. The number of aryl methyl sites for hydroxylation is 1. The predicted molar refractivity (Wildman–Crippen MR) is 87.0 cm³/mol. The van der Waals surface area contributed by atoms with Crippen LogP contribution in [-0.2, 0) is 7.05 Å². The zero-order valence-electron chi connectivity index (χ0n) is 12.2. The molecule has 0 atom stereocenters. The van der Waals surface area contributed by atoms with E-state index in [0.717, 1.165) is 12.1 Å². The SMILES string of the molecule is COc1nc(Br)cc2c(-c3cc([N+](=O)[O-])ccc3F)cn(C)c12. The summed E-state index contributed by atoms with van der Waals surface area (Å²) in [5.41, 5.74) is 1.20. The van der Waals surface area contributed by atoms with E-state index >= 15 is 0 Å². The Kier molecular flexibility index (Phi) is 3.77. The first-order valence-electron chi connectivity index (χ1n) is 6.56. The van der Waals surface area contributed by atoms with Gasteiger partial charge < -0.3 is 9.30 Å². The Morgan fingerprint density at radius 2 is 2.09 bits per heavy atom. The normalized spacial score (nSPS) is 11.0. The van der Waals surface area contributed by atoms with Crippen molar-refractivity contribution in [2.45, 2.75) is 0 Å². The number of halogens is 2. The van der Waals surface area contributed by atoms with Crippen LogP contribution in [0.1, 0.15) is 0 Å². The molecule has 3 rings (SSSR count). The van der Waals surface area contributed by atoms with Crippen LogP contribution in [0.3, 0.4) is 0 Å². The van der Waals surface area contributed by atoms with E-state index in [0.29, 0.717) is 26.9 Å². The van der Waals surface area contributed by atoms with Gasteiger partial charge >= 0.3 is 0 Å². The molecule has 2 heterocycles. The van der Waals surface area contributed by atoms with Gasteiger partial charge in [-0.3, -0.25) is 10.1 Å². The number of benzene rings is 1. The van der Waals surface area contributed by atoms with E-state index in [1.165, 1.54) is 13.2 Å². The molecule has 0 aliphatic carbocycles. The van der Waals surface area contributed by atoms with Gasteiger partial charge in [0.2, 0.25) is 5.88 Å². The van der Waals surface area contributed by atoms with Gasteiger partial charge in [-0.1, -0.05) is 0 Å². The molecule has 0 aliphatic rings. The predicted octanol–water partition coefficient (Wildman–Crippen LogP) is 4.06. The fraction of sp³-hybridized carbons (Fsp3) is 0.133. The second kappa shape index (κ2) is 5.62. The number of nitrogens with zero attached hydrogens (tertiary/aromatic N) is 3. The molecule has 0 aliphatic heterocycles. The van der Waals surface area contributed by atoms with Gasteiger partial charge in [-0.2, -0.15) is 0 Å². The van der Waals surface area contributed by atoms with Crippen molar-refractivity contribution in [3.05, 3.63) is 51.0 Å². The lowest BCUT2D eigenvalue weighted by molar-refractivity contribution is -0.384. The molecule has 0 radical (unpaired) electrons. The van der Waals surface area contributed by atoms with Gasteiger partial charge in [0.15, 0.2) is 0 Å². The van der Waals surface area contributed by atoms with Crippen molar-refractivity contribution in [1.29, 1.82) is 0 Å². The summed E-state index contributed by atoms with van der Waals surface area (Å²) in [6.07, 6.45) is 1.70. The summed E-state index contributed by atoms with van der Waals surface area (Å²) in [7, 11) is 3.27. The van der Waals surface area contributed by atoms with Crippen LogP contribution in [-0.4, -0.2) is 21.6 Å². The number of nitro groups is 1. The Labute approximate surface area is 138 Å². The summed E-state index contributed by atoms with van der Waals surface area (Å²) in [6, 6.07) is 5.19. The van der Waals surface area contributed by atoms with Crippen molar-refractivity contribution in [2.24, 2.45) is 7.05 Å². The van der Waals surface area contributed by atoms with E-state index in [9.17, 15) is 14.5 Å². The fourth-order valence-corrected chi connectivity index (χ4v) is 2.94. The third kappa shape index (κ3) is 2.55. The molecule has 0 N–H and O–H groups in total. The molecule has 0 unspecified atom stereocenters. The molecule has 1 aromatic carbocycles. The Morgan fingerprint density at radius 1 is 1.35 bits per heavy atom. The van der Waals surface area contributed by atoms with Crippen molar-refractivity contribution in [3.8, 4) is 17.0 Å². The van der Waals surface area contributed by atoms with Crippen LogP contribution in [0, 0.1) is 15.9 Å². The maximum atomic E-state index is 14.2. The maximum absolute atomic E-state index is 14.2. The lowest BCUT2D eigenvalue weighted by Gasteiger charge is -2.05. The zero-order chi connectivity index (χ0) is 16.7. The molecule has 23 heavy (non-hydrogen) atoms. The topological polar surface area (TPSA) is 70.2 Å². The number of hydrogen-bond donors (Lipinski definition) is 0. The van der Waals surface area contributed by atoms with E-state index in [-0.39, 0.29) is 11.3 Å². The number of nitro benzene ring substituents is 1. The highest BCUT2D eigenvalue weighted by atomic mass is 79.9. The first-order chi connectivity index (χ1) is 10.9. The monoisotopic (exact) mass is 379 g/mol. The molecule has 0 amide bonds. The molecule has 2 aromatic heterocycles. The van der Waals surface area contributed by atoms with Gasteiger partial charge in [0, 0.05) is 41.9 Å². The molecular weight excluding hydrogens is 369 g/mol. The Bertz CT molecular complexity index is 939. The number of non-ortho nitro benzene ring substituents is 1. The van der Waals surface area contributed by atoms with E-state index in [4.69, 9.17) is 4.74 Å². The van der Waals surface area contributed by atoms with Crippen molar-refractivity contribution in [3.63, 3.8) is 0 Å². The summed E-state index contributed by atoms with van der Waals surface area (Å²) < 4.78 is 21.8. The summed E-state index contributed by atoms with van der Waals surface area (Å²) in [6.45, 7) is 0. The minimum absolute atomic E-state index is 0.157. The molecular formula is C15H11BrFN3O3. The zero-order valence-corrected chi connectivity index (χ0v) is 13.8. The third-order valence-electron chi connectivity index (χ3n) is 3.54. The summed E-state index contributed by atoms with van der Waals surface area (Å²) in [5, 5.41) is 11.6. The van der Waals surface area contributed by atoms with E-state index in [1.807, 2.05) is 0 Å². The standard InChI is InChI=1S/C15H11BrFN3O3/c1-19-7-11(9-5-8(20(21)22)3-4-12(9)17)10-6-13(16)18-15(23-2)14(10)19/h3-7H,1-2H3. The summed E-state index contributed by atoms with van der Waals surface area (Å²) >= 11 is 3.29. The lowest BCUT2D eigenvalue weighted by Crippen LogP contribution is -1.93. The van der Waals surface area contributed by atoms with Crippen LogP contribution in [0.2, 0.25) is 0 Å². The molecule has 118 valence electrons. The second-order valence-electron chi connectivity index (χ2n) is 4.93. The molecule has 0 saturated carbocycles. The molecule has 0 fully saturated rings. The Balaban J connectivity index is 2.36. The lowest BCUT2D eigenvalue weighted by atomic mass is 10.0. The quantitative estimate of drug-likeness (QED) is 0.390. The number of hydrogen-bond acceptors (Lipinski definition) is 4. The van der Waals surface area contributed by atoms with E-state index in [1.54, 1.807) is 23.9 Å². The van der Waals surface area contributed by atoms with Gasteiger partial charge in [0.05, 0.1) is 12.0 Å². The molecule has 6 nitrogen and oxygen atoms in total. The van der Waals surface area contributed by atoms with Crippen LogP contribution in [0.15, 0.2) is 35.1 Å². The van der Waals surface area contributed by atoms with Gasteiger partial charge in [-0.25, -0.2) is 9.37 Å². The molecule has 3 aromatic rings.